The van der Waals surface area contributed by atoms with E-state index in [-0.39, 0.29) is 0 Å². The number of nitrogens with one attached hydrogen (secondary N) is 1. The van der Waals surface area contributed by atoms with E-state index in [9.17, 15) is 0 Å². The van der Waals surface area contributed by atoms with Crippen LogP contribution in [-0.4, -0.2) is 25.9 Å². The Bertz CT molecular complexity index is 415. The summed E-state index contributed by atoms with van der Waals surface area (Å²) < 4.78 is 11.0. The summed E-state index contributed by atoms with van der Waals surface area (Å²) >= 11 is 0. The molecule has 0 unspecified atom stereocenters. The highest BCUT2D eigenvalue weighted by atomic mass is 16.5. The first-order chi connectivity index (χ1) is 9.29. The lowest BCUT2D eigenvalue weighted by molar-refractivity contribution is 0.108. The molecule has 3 heteroatoms. The van der Waals surface area contributed by atoms with Crippen LogP contribution in [0.4, 0.5) is 0 Å². The average Bonchev–Trinajstić information content (AvgIpc) is 2.96. The fourth-order valence-electron chi connectivity index (χ4n) is 2.21. The van der Waals surface area contributed by atoms with Gasteiger partial charge in [0, 0.05) is 19.2 Å². The Morgan fingerprint density at radius 2 is 2.26 bits per heavy atom. The molecular formula is C16H21NO2. The monoisotopic (exact) mass is 259 g/mol. The minimum Gasteiger partial charge on any atom is -0.481 e. The van der Waals surface area contributed by atoms with Crippen molar-refractivity contribution in [1.29, 1.82) is 0 Å². The van der Waals surface area contributed by atoms with Crippen molar-refractivity contribution >= 4 is 0 Å². The summed E-state index contributed by atoms with van der Waals surface area (Å²) in [5, 5.41) is 3.51. The molecule has 0 amide bonds. The molecule has 2 rings (SSSR count). The molecule has 1 heterocycles. The van der Waals surface area contributed by atoms with Gasteiger partial charge in [-0.25, -0.2) is 0 Å². The van der Waals surface area contributed by atoms with Gasteiger partial charge >= 0.3 is 0 Å². The highest BCUT2D eigenvalue weighted by molar-refractivity contribution is 5.29. The molecule has 19 heavy (non-hydrogen) atoms. The van der Waals surface area contributed by atoms with Gasteiger partial charge in [0.2, 0.25) is 0 Å². The van der Waals surface area contributed by atoms with Crippen molar-refractivity contribution in [2.75, 3.05) is 19.8 Å². The van der Waals surface area contributed by atoms with E-state index >= 15 is 0 Å². The standard InChI is InChI=1S/C16H21NO2/c1-3-10-18-15-8-6-14(7-9-15)13(2)17-12-16-5-4-11-19-16/h1,6-9,13,16-17H,4-5,10-12H2,2H3/t13-,16-/m0/s1. The van der Waals surface area contributed by atoms with E-state index < -0.39 is 0 Å². The fourth-order valence-corrected chi connectivity index (χ4v) is 2.21. The van der Waals surface area contributed by atoms with Gasteiger partial charge in [0.15, 0.2) is 0 Å². The summed E-state index contributed by atoms with van der Waals surface area (Å²) in [5.74, 6) is 3.27. The van der Waals surface area contributed by atoms with E-state index in [1.165, 1.54) is 18.4 Å². The van der Waals surface area contributed by atoms with Crippen molar-refractivity contribution in [1.82, 2.24) is 5.32 Å². The lowest BCUT2D eigenvalue weighted by Crippen LogP contribution is -2.28. The first-order valence-corrected chi connectivity index (χ1v) is 6.81. The summed E-state index contributed by atoms with van der Waals surface area (Å²) in [5.41, 5.74) is 1.24. The van der Waals surface area contributed by atoms with Crippen molar-refractivity contribution in [2.24, 2.45) is 0 Å². The third-order valence-corrected chi connectivity index (χ3v) is 3.38. The van der Waals surface area contributed by atoms with Crippen LogP contribution in [0, 0.1) is 12.3 Å². The van der Waals surface area contributed by atoms with Gasteiger partial charge in [0.05, 0.1) is 6.10 Å². The van der Waals surface area contributed by atoms with Gasteiger partial charge in [0.25, 0.3) is 0 Å². The van der Waals surface area contributed by atoms with E-state index in [2.05, 4.69) is 30.3 Å². The summed E-state index contributed by atoms with van der Waals surface area (Å²) in [6.45, 7) is 4.29. The van der Waals surface area contributed by atoms with Crippen LogP contribution in [0.25, 0.3) is 0 Å². The van der Waals surface area contributed by atoms with Gasteiger partial charge in [-0.3, -0.25) is 0 Å². The topological polar surface area (TPSA) is 30.5 Å². The first kappa shape index (κ1) is 13.9. The number of benzene rings is 1. The number of hydrogen-bond acceptors (Lipinski definition) is 3. The quantitative estimate of drug-likeness (QED) is 0.796. The Morgan fingerprint density at radius 3 is 2.89 bits per heavy atom. The van der Waals surface area contributed by atoms with Crippen LogP contribution >= 0.6 is 0 Å². The summed E-state index contributed by atoms with van der Waals surface area (Å²) in [6.07, 6.45) is 7.88. The van der Waals surface area contributed by atoms with Gasteiger partial charge in [-0.1, -0.05) is 18.1 Å². The normalized spacial score (nSPS) is 19.9. The second kappa shape index (κ2) is 7.18. The van der Waals surface area contributed by atoms with E-state index in [1.54, 1.807) is 0 Å². The molecular weight excluding hydrogens is 238 g/mol. The third-order valence-electron chi connectivity index (χ3n) is 3.38. The zero-order chi connectivity index (χ0) is 13.5. The smallest absolute Gasteiger partial charge is 0.148 e. The molecule has 2 atom stereocenters. The largest absolute Gasteiger partial charge is 0.481 e. The predicted octanol–water partition coefficient (Wildman–Crippen LogP) is 2.53. The van der Waals surface area contributed by atoms with Crippen molar-refractivity contribution in [2.45, 2.75) is 31.9 Å². The minimum absolute atomic E-state index is 0.311. The molecule has 1 fully saturated rings. The Hall–Kier alpha value is -1.50. The third kappa shape index (κ3) is 4.27. The second-order valence-electron chi connectivity index (χ2n) is 4.83. The van der Waals surface area contributed by atoms with Gasteiger partial charge < -0.3 is 14.8 Å². The van der Waals surface area contributed by atoms with Gasteiger partial charge in [-0.2, -0.15) is 0 Å². The molecule has 1 aliphatic heterocycles. The Balaban J connectivity index is 1.81. The zero-order valence-corrected chi connectivity index (χ0v) is 11.4. The molecule has 1 saturated heterocycles. The lowest BCUT2D eigenvalue weighted by atomic mass is 10.1. The van der Waals surface area contributed by atoms with E-state index in [0.29, 0.717) is 18.8 Å². The van der Waals surface area contributed by atoms with Crippen LogP contribution in [0.15, 0.2) is 24.3 Å². The maximum atomic E-state index is 5.60. The molecule has 102 valence electrons. The van der Waals surface area contributed by atoms with Crippen LogP contribution in [0.3, 0.4) is 0 Å². The van der Waals surface area contributed by atoms with E-state index in [1.807, 2.05) is 12.1 Å². The summed E-state index contributed by atoms with van der Waals surface area (Å²) in [4.78, 5) is 0. The highest BCUT2D eigenvalue weighted by Gasteiger charge is 2.16. The molecule has 0 aliphatic carbocycles. The SMILES string of the molecule is C#CCOc1ccc([C@H](C)NC[C@@H]2CCCO2)cc1. The molecule has 0 bridgehead atoms. The Labute approximate surface area is 115 Å². The summed E-state index contributed by atoms with van der Waals surface area (Å²) in [6, 6.07) is 8.36. The van der Waals surface area contributed by atoms with E-state index in [0.717, 1.165) is 18.9 Å². The zero-order valence-electron chi connectivity index (χ0n) is 11.4. The van der Waals surface area contributed by atoms with Crippen LogP contribution < -0.4 is 10.1 Å². The van der Waals surface area contributed by atoms with Crippen LogP contribution in [0.5, 0.6) is 5.75 Å². The number of terminal acetylenes is 1. The van der Waals surface area contributed by atoms with E-state index in [4.69, 9.17) is 15.9 Å². The van der Waals surface area contributed by atoms with Gasteiger partial charge in [-0.05, 0) is 37.5 Å². The molecule has 1 N–H and O–H groups in total. The van der Waals surface area contributed by atoms with Crippen LogP contribution in [0.1, 0.15) is 31.4 Å². The minimum atomic E-state index is 0.311. The lowest BCUT2D eigenvalue weighted by Gasteiger charge is -2.17. The maximum absolute atomic E-state index is 5.60. The number of hydrogen-bond donors (Lipinski definition) is 1. The van der Waals surface area contributed by atoms with Crippen molar-refractivity contribution in [3.8, 4) is 18.1 Å². The Morgan fingerprint density at radius 1 is 1.47 bits per heavy atom. The maximum Gasteiger partial charge on any atom is 0.148 e. The number of ether oxygens (including phenoxy) is 2. The van der Waals surface area contributed by atoms with Gasteiger partial charge in [0.1, 0.15) is 12.4 Å². The van der Waals surface area contributed by atoms with Crippen LogP contribution in [0.2, 0.25) is 0 Å². The molecule has 0 spiro atoms. The second-order valence-corrected chi connectivity index (χ2v) is 4.83. The predicted molar refractivity (Wildman–Crippen MR) is 76.2 cm³/mol. The summed E-state index contributed by atoms with van der Waals surface area (Å²) in [7, 11) is 0. The molecule has 1 aromatic rings. The molecule has 1 aliphatic rings. The molecule has 0 saturated carbocycles. The molecule has 0 aromatic heterocycles. The van der Waals surface area contributed by atoms with Crippen molar-refractivity contribution in [3.05, 3.63) is 29.8 Å². The fraction of sp³-hybridized carbons (Fsp3) is 0.500. The highest BCUT2D eigenvalue weighted by Crippen LogP contribution is 2.18. The van der Waals surface area contributed by atoms with Gasteiger partial charge in [-0.15, -0.1) is 6.42 Å². The molecule has 1 aromatic carbocycles. The molecule has 0 radical (unpaired) electrons. The van der Waals surface area contributed by atoms with Crippen molar-refractivity contribution < 1.29 is 9.47 Å². The van der Waals surface area contributed by atoms with Crippen LogP contribution in [-0.2, 0) is 4.74 Å². The number of rotatable bonds is 6. The first-order valence-electron chi connectivity index (χ1n) is 6.81. The van der Waals surface area contributed by atoms with Crippen molar-refractivity contribution in [3.63, 3.8) is 0 Å². The molecule has 3 nitrogen and oxygen atoms in total. The Kier molecular flexibility index (Phi) is 5.26. The average molecular weight is 259 g/mol.